The highest BCUT2D eigenvalue weighted by Crippen LogP contribution is 2.21. The number of hydrogen-bond donors (Lipinski definition) is 1. The van der Waals surface area contributed by atoms with Gasteiger partial charge in [-0.2, -0.15) is 0 Å². The first-order valence-electron chi connectivity index (χ1n) is 9.35. The van der Waals surface area contributed by atoms with E-state index in [9.17, 15) is 9.59 Å². The lowest BCUT2D eigenvalue weighted by molar-refractivity contribution is -0.139. The lowest BCUT2D eigenvalue weighted by atomic mass is 10.1. The van der Waals surface area contributed by atoms with Crippen molar-refractivity contribution in [2.75, 3.05) is 19.0 Å². The van der Waals surface area contributed by atoms with Gasteiger partial charge in [-0.15, -0.1) is 0 Å². The van der Waals surface area contributed by atoms with Gasteiger partial charge in [-0.25, -0.2) is 14.8 Å². The number of nitrogens with zero attached hydrogens (tertiary/aromatic N) is 4. The third kappa shape index (κ3) is 5.63. The summed E-state index contributed by atoms with van der Waals surface area (Å²) < 4.78 is 10.1. The second kappa shape index (κ2) is 8.42. The zero-order valence-corrected chi connectivity index (χ0v) is 17.1. The number of esters is 1. The van der Waals surface area contributed by atoms with E-state index in [1.165, 1.54) is 7.11 Å². The summed E-state index contributed by atoms with van der Waals surface area (Å²) in [5, 5.41) is 3.10. The highest BCUT2D eigenvalue weighted by Gasteiger charge is 2.26. The number of amides is 1. The van der Waals surface area contributed by atoms with Crippen LogP contribution in [0, 0.1) is 0 Å². The van der Waals surface area contributed by atoms with Gasteiger partial charge in [-0.1, -0.05) is 0 Å². The van der Waals surface area contributed by atoms with Crippen LogP contribution in [0.15, 0.2) is 24.5 Å². The zero-order valence-electron chi connectivity index (χ0n) is 17.1. The molecule has 0 bridgehead atoms. The van der Waals surface area contributed by atoms with E-state index in [1.807, 2.05) is 20.8 Å². The van der Waals surface area contributed by atoms with Crippen molar-refractivity contribution in [3.05, 3.63) is 41.5 Å². The summed E-state index contributed by atoms with van der Waals surface area (Å²) in [4.78, 5) is 38.4. The predicted octanol–water partition coefficient (Wildman–Crippen LogP) is 2.62. The van der Waals surface area contributed by atoms with Gasteiger partial charge in [0.25, 0.3) is 0 Å². The molecular weight excluding hydrogens is 374 g/mol. The molecule has 0 aliphatic carbocycles. The molecular formula is C20H25N5O4. The molecule has 0 unspecified atom stereocenters. The normalized spacial score (nSPS) is 13.4. The average Bonchev–Trinajstić information content (AvgIpc) is 2.67. The van der Waals surface area contributed by atoms with Crippen molar-refractivity contribution in [1.29, 1.82) is 0 Å². The number of ether oxygens (including phenoxy) is 2. The van der Waals surface area contributed by atoms with Crippen molar-refractivity contribution in [3.63, 3.8) is 0 Å². The third-order valence-corrected chi connectivity index (χ3v) is 4.23. The minimum atomic E-state index is -0.539. The number of anilines is 2. The first-order chi connectivity index (χ1) is 13.7. The molecule has 1 aliphatic rings. The van der Waals surface area contributed by atoms with E-state index in [0.29, 0.717) is 36.8 Å². The van der Waals surface area contributed by atoms with Crippen molar-refractivity contribution >= 4 is 23.7 Å². The molecule has 1 aliphatic heterocycles. The Labute approximate surface area is 169 Å². The van der Waals surface area contributed by atoms with Crippen LogP contribution in [0.5, 0.6) is 0 Å². The number of hydrogen-bond acceptors (Lipinski definition) is 8. The number of rotatable bonds is 4. The van der Waals surface area contributed by atoms with Crippen LogP contribution in [0.25, 0.3) is 0 Å². The molecule has 1 N–H and O–H groups in total. The van der Waals surface area contributed by atoms with Gasteiger partial charge in [0.05, 0.1) is 43.3 Å². The minimum absolute atomic E-state index is 0.118. The molecule has 2 aromatic heterocycles. The van der Waals surface area contributed by atoms with Crippen LogP contribution in [-0.2, 0) is 33.7 Å². The molecule has 154 valence electrons. The summed E-state index contributed by atoms with van der Waals surface area (Å²) in [6, 6.07) is 3.53. The monoisotopic (exact) mass is 399 g/mol. The van der Waals surface area contributed by atoms with Crippen LogP contribution < -0.4 is 5.32 Å². The van der Waals surface area contributed by atoms with Gasteiger partial charge in [0, 0.05) is 12.7 Å². The van der Waals surface area contributed by atoms with Crippen molar-refractivity contribution in [3.8, 4) is 0 Å². The lowest BCUT2D eigenvalue weighted by Crippen LogP contribution is -2.40. The molecule has 0 aromatic carbocycles. The fourth-order valence-corrected chi connectivity index (χ4v) is 2.80. The SMILES string of the molecule is COC(=O)Cc1ccc(Nc2ncc3c(n2)CN(C(=O)OC(C)(C)C)CC3)cn1. The molecule has 3 heterocycles. The standard InChI is InChI=1S/C20H25N5O4/c1-20(2,3)29-19(27)25-8-7-13-10-22-18(24-16(13)12-25)23-15-6-5-14(21-11-15)9-17(26)28-4/h5-6,10-11H,7-9,12H2,1-4H3,(H,22,23,24). The molecule has 9 nitrogen and oxygen atoms in total. The Morgan fingerprint density at radius 3 is 2.66 bits per heavy atom. The predicted molar refractivity (Wildman–Crippen MR) is 106 cm³/mol. The van der Waals surface area contributed by atoms with Gasteiger partial charge >= 0.3 is 12.1 Å². The van der Waals surface area contributed by atoms with E-state index in [4.69, 9.17) is 4.74 Å². The van der Waals surface area contributed by atoms with E-state index in [1.54, 1.807) is 29.4 Å². The first-order valence-corrected chi connectivity index (χ1v) is 9.35. The van der Waals surface area contributed by atoms with Gasteiger partial charge in [0.1, 0.15) is 5.60 Å². The summed E-state index contributed by atoms with van der Waals surface area (Å²) in [6.07, 6.45) is 3.83. The van der Waals surface area contributed by atoms with Gasteiger partial charge in [0.15, 0.2) is 0 Å². The third-order valence-electron chi connectivity index (χ3n) is 4.23. The number of carbonyl (C=O) groups excluding carboxylic acids is 2. The molecule has 29 heavy (non-hydrogen) atoms. The molecule has 0 radical (unpaired) electrons. The summed E-state index contributed by atoms with van der Waals surface area (Å²) >= 11 is 0. The van der Waals surface area contributed by atoms with E-state index >= 15 is 0 Å². The van der Waals surface area contributed by atoms with Crippen LogP contribution in [0.4, 0.5) is 16.4 Å². The van der Waals surface area contributed by atoms with E-state index in [2.05, 4.69) is 25.0 Å². The number of nitrogens with one attached hydrogen (secondary N) is 1. The highest BCUT2D eigenvalue weighted by atomic mass is 16.6. The van der Waals surface area contributed by atoms with E-state index < -0.39 is 5.60 Å². The van der Waals surface area contributed by atoms with Crippen molar-refractivity contribution in [1.82, 2.24) is 19.9 Å². The summed E-state index contributed by atoms with van der Waals surface area (Å²) in [6.45, 7) is 6.48. The number of methoxy groups -OCH3 is 1. The fraction of sp³-hybridized carbons (Fsp3) is 0.450. The highest BCUT2D eigenvalue weighted by molar-refractivity contribution is 5.72. The Morgan fingerprint density at radius 1 is 1.21 bits per heavy atom. The van der Waals surface area contributed by atoms with Gasteiger partial charge in [-0.05, 0) is 44.9 Å². The summed E-state index contributed by atoms with van der Waals surface area (Å²) in [7, 11) is 1.34. The molecule has 1 amide bonds. The van der Waals surface area contributed by atoms with Crippen LogP contribution in [0.1, 0.15) is 37.7 Å². The second-order valence-electron chi connectivity index (χ2n) is 7.73. The Bertz CT molecular complexity index is 893. The van der Waals surface area contributed by atoms with Crippen LogP contribution >= 0.6 is 0 Å². The van der Waals surface area contributed by atoms with Gasteiger partial charge in [-0.3, -0.25) is 9.78 Å². The van der Waals surface area contributed by atoms with Crippen molar-refractivity contribution in [2.45, 2.75) is 45.8 Å². The quantitative estimate of drug-likeness (QED) is 0.782. The maximum absolute atomic E-state index is 12.3. The summed E-state index contributed by atoms with van der Waals surface area (Å²) in [5.41, 5.74) is 2.57. The first kappa shape index (κ1) is 20.5. The second-order valence-corrected chi connectivity index (χ2v) is 7.73. The van der Waals surface area contributed by atoms with Gasteiger partial charge < -0.3 is 19.7 Å². The van der Waals surface area contributed by atoms with Crippen molar-refractivity contribution < 1.29 is 19.1 Å². The van der Waals surface area contributed by atoms with E-state index in [-0.39, 0.29) is 18.5 Å². The zero-order chi connectivity index (χ0) is 21.0. The molecule has 2 aromatic rings. The average molecular weight is 399 g/mol. The molecule has 0 saturated heterocycles. The number of aromatic nitrogens is 3. The van der Waals surface area contributed by atoms with Crippen LogP contribution in [-0.4, -0.2) is 51.2 Å². The smallest absolute Gasteiger partial charge is 0.410 e. The fourth-order valence-electron chi connectivity index (χ4n) is 2.80. The minimum Gasteiger partial charge on any atom is -0.469 e. The Balaban J connectivity index is 1.67. The van der Waals surface area contributed by atoms with Crippen LogP contribution in [0.3, 0.4) is 0 Å². The van der Waals surface area contributed by atoms with Gasteiger partial charge in [0.2, 0.25) is 5.95 Å². The Hall–Kier alpha value is -3.23. The van der Waals surface area contributed by atoms with E-state index in [0.717, 1.165) is 11.3 Å². The maximum Gasteiger partial charge on any atom is 0.410 e. The topological polar surface area (TPSA) is 107 Å². The molecule has 0 spiro atoms. The maximum atomic E-state index is 12.3. The van der Waals surface area contributed by atoms with Crippen molar-refractivity contribution in [2.24, 2.45) is 0 Å². The molecule has 9 heteroatoms. The molecule has 0 saturated carbocycles. The number of carbonyl (C=O) groups is 2. The lowest BCUT2D eigenvalue weighted by Gasteiger charge is -2.30. The number of pyridine rings is 1. The number of fused-ring (bicyclic) bond motifs is 1. The molecule has 0 atom stereocenters. The Morgan fingerprint density at radius 2 is 2.00 bits per heavy atom. The largest absolute Gasteiger partial charge is 0.469 e. The summed E-state index contributed by atoms with van der Waals surface area (Å²) in [5.74, 6) is 0.0723. The Kier molecular flexibility index (Phi) is 5.95. The van der Waals surface area contributed by atoms with Crippen LogP contribution in [0.2, 0.25) is 0 Å². The molecule has 3 rings (SSSR count). The molecule has 0 fully saturated rings.